The fraction of sp³-hybridized carbons (Fsp3) is 0.600. The van der Waals surface area contributed by atoms with Gasteiger partial charge in [0.05, 0.1) is 16.5 Å². The van der Waals surface area contributed by atoms with E-state index in [-0.39, 0.29) is 17.7 Å². The third-order valence-corrected chi connectivity index (χ3v) is 7.67. The monoisotopic (exact) mass is 550 g/mol. The van der Waals surface area contributed by atoms with Crippen LogP contribution < -0.4 is 0 Å². The highest BCUT2D eigenvalue weighted by Crippen LogP contribution is 2.35. The molecule has 5 heteroatoms. The smallest absolute Gasteiger partial charge is 0.336 e. The van der Waals surface area contributed by atoms with E-state index in [4.69, 9.17) is 4.74 Å². The summed E-state index contributed by atoms with van der Waals surface area (Å²) in [4.78, 5) is 23.4. The molecule has 0 heterocycles. The summed E-state index contributed by atoms with van der Waals surface area (Å²) in [6, 6.07) is 4.10. The molecule has 1 aromatic carbocycles. The summed E-state index contributed by atoms with van der Waals surface area (Å²) in [6.07, 6.45) is 29.3. The van der Waals surface area contributed by atoms with Crippen molar-refractivity contribution >= 4 is 11.9 Å². The van der Waals surface area contributed by atoms with E-state index in [1.807, 2.05) is 24.3 Å². The van der Waals surface area contributed by atoms with Crippen molar-refractivity contribution in [1.29, 1.82) is 0 Å². The summed E-state index contributed by atoms with van der Waals surface area (Å²) in [5, 5.41) is 19.2. The van der Waals surface area contributed by atoms with Gasteiger partial charge in [0.25, 0.3) is 0 Å². The van der Waals surface area contributed by atoms with E-state index in [1.54, 1.807) is 0 Å². The number of benzene rings is 1. The van der Waals surface area contributed by atoms with Crippen LogP contribution in [0, 0.1) is 11.8 Å². The van der Waals surface area contributed by atoms with E-state index >= 15 is 0 Å². The molecule has 0 saturated carbocycles. The van der Waals surface area contributed by atoms with Crippen molar-refractivity contribution in [3.63, 3.8) is 0 Å². The number of unbranched alkanes of at least 4 members (excludes halogenated alkanes) is 15. The van der Waals surface area contributed by atoms with Crippen LogP contribution in [0.5, 0.6) is 0 Å². The van der Waals surface area contributed by atoms with Crippen molar-refractivity contribution in [1.82, 2.24) is 0 Å². The Bertz CT molecular complexity index is 1010. The van der Waals surface area contributed by atoms with Crippen LogP contribution in [0.2, 0.25) is 0 Å². The lowest BCUT2D eigenvalue weighted by Crippen LogP contribution is -2.26. The summed E-state index contributed by atoms with van der Waals surface area (Å²) in [7, 11) is 0. The Hall–Kier alpha value is -2.84. The number of allylic oxidation sites excluding steroid dienone is 4. The fourth-order valence-electron chi connectivity index (χ4n) is 5.28. The number of ether oxygens (including phenoxy) is 1. The predicted molar refractivity (Wildman–Crippen MR) is 163 cm³/mol. The van der Waals surface area contributed by atoms with E-state index in [0.717, 1.165) is 12.8 Å². The highest BCUT2D eigenvalue weighted by atomic mass is 16.5. The standard InChI is InChI=1S/C35H50O5/c1-2-3-4-5-6-7-8-9-10-11-12-13-14-15-16-20-27-40-28-21-26-35(24-18-17-19-25-35)32-29-30(33(36)37)22-23-31(32)34(38)39/h17-19,22-24,29H,2-16,20,25,27-28H2,1H3,(H,36,37)(H,38,39). The quantitative estimate of drug-likeness (QED) is 0.118. The molecule has 1 aliphatic carbocycles. The normalized spacial score (nSPS) is 16.0. The molecule has 220 valence electrons. The van der Waals surface area contributed by atoms with E-state index in [2.05, 4.69) is 18.8 Å². The number of aromatic carboxylic acids is 2. The van der Waals surface area contributed by atoms with Gasteiger partial charge < -0.3 is 14.9 Å². The highest BCUT2D eigenvalue weighted by molar-refractivity contribution is 5.94. The molecule has 0 bridgehead atoms. The van der Waals surface area contributed by atoms with E-state index in [0.29, 0.717) is 18.6 Å². The van der Waals surface area contributed by atoms with Gasteiger partial charge in [-0.05, 0) is 36.6 Å². The average Bonchev–Trinajstić information content (AvgIpc) is 2.96. The summed E-state index contributed by atoms with van der Waals surface area (Å²) in [5.74, 6) is 4.07. The van der Waals surface area contributed by atoms with Crippen molar-refractivity contribution < 1.29 is 24.5 Å². The third-order valence-electron chi connectivity index (χ3n) is 7.67. The van der Waals surface area contributed by atoms with Gasteiger partial charge in [0.1, 0.15) is 6.61 Å². The minimum absolute atomic E-state index is 0.0453. The second-order valence-corrected chi connectivity index (χ2v) is 11.0. The lowest BCUT2D eigenvalue weighted by molar-refractivity contribution is 0.0679. The van der Waals surface area contributed by atoms with Crippen LogP contribution >= 0.6 is 0 Å². The summed E-state index contributed by atoms with van der Waals surface area (Å²) >= 11 is 0. The first-order chi connectivity index (χ1) is 19.5. The van der Waals surface area contributed by atoms with Crippen molar-refractivity contribution in [3.8, 4) is 11.8 Å². The Morgan fingerprint density at radius 1 is 0.800 bits per heavy atom. The molecule has 1 unspecified atom stereocenters. The van der Waals surface area contributed by atoms with E-state index in [1.165, 1.54) is 108 Å². The average molecular weight is 551 g/mol. The number of hydrogen-bond acceptors (Lipinski definition) is 3. The van der Waals surface area contributed by atoms with Gasteiger partial charge in [-0.25, -0.2) is 9.59 Å². The topological polar surface area (TPSA) is 83.8 Å². The zero-order valence-electron chi connectivity index (χ0n) is 24.6. The molecule has 5 nitrogen and oxygen atoms in total. The predicted octanol–water partition coefficient (Wildman–Crippen LogP) is 9.12. The minimum atomic E-state index is -1.10. The van der Waals surface area contributed by atoms with Gasteiger partial charge in [-0.1, -0.05) is 139 Å². The maximum atomic E-state index is 11.9. The minimum Gasteiger partial charge on any atom is -0.478 e. The Balaban J connectivity index is 1.62. The Labute approximate surface area is 242 Å². The molecule has 2 N–H and O–H groups in total. The molecular formula is C35H50O5. The second-order valence-electron chi connectivity index (χ2n) is 11.0. The van der Waals surface area contributed by atoms with Crippen LogP contribution in [0.25, 0.3) is 0 Å². The molecule has 1 atom stereocenters. The molecule has 0 saturated heterocycles. The SMILES string of the molecule is CCCCCCCCCCCCCCCCCCOCC#CC1(c2cc(C(=O)O)ccc2C(=O)O)C=CC=CC1. The molecule has 0 amide bonds. The van der Waals surface area contributed by atoms with E-state index < -0.39 is 17.4 Å². The molecule has 0 aliphatic heterocycles. The van der Waals surface area contributed by atoms with Gasteiger partial charge in [-0.2, -0.15) is 0 Å². The van der Waals surface area contributed by atoms with Gasteiger partial charge in [-0.15, -0.1) is 0 Å². The molecule has 2 rings (SSSR count). The highest BCUT2D eigenvalue weighted by Gasteiger charge is 2.32. The van der Waals surface area contributed by atoms with Crippen LogP contribution in [0.1, 0.15) is 142 Å². The molecule has 1 aromatic rings. The maximum Gasteiger partial charge on any atom is 0.336 e. The van der Waals surface area contributed by atoms with Crippen LogP contribution in [-0.2, 0) is 10.2 Å². The van der Waals surface area contributed by atoms with Gasteiger partial charge in [-0.3, -0.25) is 0 Å². The van der Waals surface area contributed by atoms with Crippen LogP contribution in [0.4, 0.5) is 0 Å². The zero-order chi connectivity index (χ0) is 28.9. The molecule has 0 spiro atoms. The molecular weight excluding hydrogens is 500 g/mol. The maximum absolute atomic E-state index is 11.9. The van der Waals surface area contributed by atoms with Crippen molar-refractivity contribution in [2.75, 3.05) is 13.2 Å². The molecule has 0 radical (unpaired) electrons. The first-order valence-electron chi connectivity index (χ1n) is 15.5. The number of rotatable bonds is 21. The lowest BCUT2D eigenvalue weighted by atomic mass is 9.73. The molecule has 0 fully saturated rings. The first kappa shape index (κ1) is 33.4. The van der Waals surface area contributed by atoms with Gasteiger partial charge in [0, 0.05) is 6.61 Å². The lowest BCUT2D eigenvalue weighted by Gasteiger charge is -2.28. The summed E-state index contributed by atoms with van der Waals surface area (Å²) in [6.45, 7) is 3.19. The van der Waals surface area contributed by atoms with Crippen LogP contribution in [0.15, 0.2) is 42.5 Å². The molecule has 1 aliphatic rings. The van der Waals surface area contributed by atoms with Crippen LogP contribution in [-0.4, -0.2) is 35.4 Å². The van der Waals surface area contributed by atoms with Crippen molar-refractivity contribution in [2.24, 2.45) is 0 Å². The van der Waals surface area contributed by atoms with Crippen molar-refractivity contribution in [3.05, 3.63) is 59.2 Å². The number of carbonyl (C=O) groups is 2. The zero-order valence-corrected chi connectivity index (χ0v) is 24.6. The molecule has 0 aromatic heterocycles. The first-order valence-corrected chi connectivity index (χ1v) is 15.5. The molecule has 40 heavy (non-hydrogen) atoms. The summed E-state index contributed by atoms with van der Waals surface area (Å²) < 4.78 is 5.74. The van der Waals surface area contributed by atoms with Gasteiger partial charge in [0.15, 0.2) is 0 Å². The van der Waals surface area contributed by atoms with Crippen molar-refractivity contribution in [2.45, 2.75) is 121 Å². The number of hydrogen-bond donors (Lipinski definition) is 2. The third kappa shape index (κ3) is 12.6. The Kier molecular flexibility index (Phi) is 16.8. The van der Waals surface area contributed by atoms with Gasteiger partial charge in [0.2, 0.25) is 0 Å². The van der Waals surface area contributed by atoms with Crippen LogP contribution in [0.3, 0.4) is 0 Å². The van der Waals surface area contributed by atoms with E-state index in [9.17, 15) is 19.8 Å². The Morgan fingerprint density at radius 2 is 1.38 bits per heavy atom. The second kappa shape index (κ2) is 20.1. The number of carboxylic acid groups (broad SMARTS) is 2. The summed E-state index contributed by atoms with van der Waals surface area (Å²) in [5.41, 5.74) is -0.394. The Morgan fingerprint density at radius 3 is 1.88 bits per heavy atom. The fourth-order valence-corrected chi connectivity index (χ4v) is 5.28. The van der Waals surface area contributed by atoms with Gasteiger partial charge >= 0.3 is 11.9 Å². The number of carboxylic acids is 2. The largest absolute Gasteiger partial charge is 0.478 e.